The first-order valence-electron chi connectivity index (χ1n) is 18.8. The van der Waals surface area contributed by atoms with Crippen molar-refractivity contribution in [2.45, 2.75) is 122 Å². The summed E-state index contributed by atoms with van der Waals surface area (Å²) < 4.78 is 88.6. The van der Waals surface area contributed by atoms with Gasteiger partial charge in [0.1, 0.15) is 0 Å². The normalized spacial score (nSPS) is 12.6. The predicted octanol–water partition coefficient (Wildman–Crippen LogP) is 7.72. The predicted molar refractivity (Wildman–Crippen MR) is 217 cm³/mol. The van der Waals surface area contributed by atoms with Crippen molar-refractivity contribution in [1.29, 1.82) is 5.26 Å². The molecule has 0 saturated carbocycles. The SMILES string of the molecule is CCN(CCCCN(CCCCN(CCCC#N)S(=O)(=O)c1c(C)cc(C)cc1C)S(=O)(=O)c1c(C)cc(C)cc1C)S(=O)(=O)c1c(C)cc(C)cc1C. The molecule has 0 aliphatic carbocycles. The Labute approximate surface area is 326 Å². The Bertz CT molecular complexity index is 2110. The Kier molecular flexibility index (Phi) is 16.1. The number of rotatable bonds is 20. The molecule has 10 nitrogen and oxygen atoms in total. The van der Waals surface area contributed by atoms with Crippen LogP contribution in [0.25, 0.3) is 0 Å². The van der Waals surface area contributed by atoms with E-state index in [1.165, 1.54) is 12.9 Å². The zero-order valence-corrected chi connectivity index (χ0v) is 36.4. The van der Waals surface area contributed by atoms with Gasteiger partial charge in [-0.1, -0.05) is 60.0 Å². The van der Waals surface area contributed by atoms with Crippen LogP contribution in [0.2, 0.25) is 0 Å². The van der Waals surface area contributed by atoms with E-state index in [1.807, 2.05) is 71.0 Å². The number of unbranched alkanes of at least 4 members (excludes halogenated alkanes) is 3. The van der Waals surface area contributed by atoms with E-state index in [4.69, 9.17) is 5.26 Å². The minimum atomic E-state index is -3.94. The van der Waals surface area contributed by atoms with Gasteiger partial charge >= 0.3 is 0 Å². The first kappa shape index (κ1) is 45.3. The fourth-order valence-corrected chi connectivity index (χ4v) is 13.5. The third kappa shape index (κ3) is 10.8. The zero-order valence-electron chi connectivity index (χ0n) is 33.9. The van der Waals surface area contributed by atoms with Crippen molar-refractivity contribution >= 4 is 30.1 Å². The van der Waals surface area contributed by atoms with Crippen LogP contribution in [0.5, 0.6) is 0 Å². The number of sulfonamides is 3. The summed E-state index contributed by atoms with van der Waals surface area (Å²) in [6.45, 7) is 19.6. The maximum atomic E-state index is 14.3. The number of nitriles is 1. The first-order valence-corrected chi connectivity index (χ1v) is 23.1. The molecule has 3 rings (SSSR count). The fraction of sp³-hybridized carbons (Fsp3) is 0.537. The maximum Gasteiger partial charge on any atom is 0.243 e. The van der Waals surface area contributed by atoms with E-state index in [9.17, 15) is 25.3 Å². The largest absolute Gasteiger partial charge is 0.243 e. The third-order valence-electron chi connectivity index (χ3n) is 9.79. The highest BCUT2D eigenvalue weighted by molar-refractivity contribution is 7.89. The summed E-state index contributed by atoms with van der Waals surface area (Å²) in [5, 5.41) is 9.16. The maximum absolute atomic E-state index is 14.3. The van der Waals surface area contributed by atoms with Crippen molar-refractivity contribution < 1.29 is 25.3 Å². The van der Waals surface area contributed by atoms with Gasteiger partial charge in [0.05, 0.1) is 20.8 Å². The van der Waals surface area contributed by atoms with Crippen molar-refractivity contribution in [3.63, 3.8) is 0 Å². The molecule has 0 bridgehead atoms. The van der Waals surface area contributed by atoms with Crippen molar-refractivity contribution in [1.82, 2.24) is 12.9 Å². The molecular weight excluding hydrogens is 741 g/mol. The lowest BCUT2D eigenvalue weighted by Gasteiger charge is -2.27. The molecule has 0 saturated heterocycles. The average Bonchev–Trinajstić information content (AvgIpc) is 3.02. The lowest BCUT2D eigenvalue weighted by Crippen LogP contribution is -2.37. The quantitative estimate of drug-likeness (QED) is 0.107. The summed E-state index contributed by atoms with van der Waals surface area (Å²) in [6.07, 6.45) is 2.31. The zero-order chi connectivity index (χ0) is 40.6. The Morgan fingerprint density at radius 1 is 0.444 bits per heavy atom. The van der Waals surface area contributed by atoms with Crippen LogP contribution < -0.4 is 0 Å². The molecule has 0 heterocycles. The topological polar surface area (TPSA) is 136 Å². The summed E-state index contributed by atoms with van der Waals surface area (Å²) in [4.78, 5) is 0.860. The Morgan fingerprint density at radius 2 is 0.685 bits per heavy atom. The van der Waals surface area contributed by atoms with Gasteiger partial charge in [0.2, 0.25) is 30.1 Å². The summed E-state index contributed by atoms with van der Waals surface area (Å²) >= 11 is 0. The summed E-state index contributed by atoms with van der Waals surface area (Å²) in [5.41, 5.74) is 6.98. The summed E-state index contributed by atoms with van der Waals surface area (Å²) in [5.74, 6) is 0. The fourth-order valence-electron chi connectivity index (χ4n) is 7.75. The molecule has 0 aliphatic rings. The second kappa shape index (κ2) is 19.2. The monoisotopic (exact) mass is 800 g/mol. The average molecular weight is 801 g/mol. The number of benzene rings is 3. The van der Waals surface area contributed by atoms with E-state index in [0.29, 0.717) is 70.4 Å². The van der Waals surface area contributed by atoms with E-state index >= 15 is 0 Å². The second-order valence-corrected chi connectivity index (χ2v) is 20.3. The van der Waals surface area contributed by atoms with Gasteiger partial charge < -0.3 is 0 Å². The van der Waals surface area contributed by atoms with Crippen LogP contribution in [-0.2, 0) is 30.1 Å². The molecule has 0 spiro atoms. The molecule has 54 heavy (non-hydrogen) atoms. The van der Waals surface area contributed by atoms with E-state index in [2.05, 4.69) is 6.07 Å². The van der Waals surface area contributed by atoms with Gasteiger partial charge in [-0.2, -0.15) is 18.2 Å². The smallest absolute Gasteiger partial charge is 0.207 e. The van der Waals surface area contributed by atoms with Crippen molar-refractivity contribution in [2.75, 3.05) is 39.3 Å². The molecule has 3 aromatic rings. The minimum absolute atomic E-state index is 0.168. The van der Waals surface area contributed by atoms with E-state index in [0.717, 1.165) is 16.7 Å². The Hall–Kier alpha value is -3.12. The Morgan fingerprint density at radius 3 is 0.944 bits per heavy atom. The molecule has 3 aromatic carbocycles. The molecule has 0 amide bonds. The van der Waals surface area contributed by atoms with Crippen LogP contribution in [0.15, 0.2) is 51.1 Å². The molecule has 0 aromatic heterocycles. The van der Waals surface area contributed by atoms with Gasteiger partial charge in [-0.15, -0.1) is 0 Å². The van der Waals surface area contributed by atoms with Crippen LogP contribution in [0.3, 0.4) is 0 Å². The highest BCUT2D eigenvalue weighted by atomic mass is 32.2. The highest BCUT2D eigenvalue weighted by Gasteiger charge is 2.31. The molecule has 0 radical (unpaired) electrons. The van der Waals surface area contributed by atoms with E-state index in [1.54, 1.807) is 34.6 Å². The lowest BCUT2D eigenvalue weighted by molar-refractivity contribution is 0.353. The van der Waals surface area contributed by atoms with Gasteiger partial charge in [-0.25, -0.2) is 25.3 Å². The van der Waals surface area contributed by atoms with E-state index < -0.39 is 30.1 Å². The molecule has 13 heteroatoms. The molecule has 0 fully saturated rings. The van der Waals surface area contributed by atoms with Crippen LogP contribution >= 0.6 is 0 Å². The van der Waals surface area contributed by atoms with Crippen LogP contribution in [0.1, 0.15) is 95.5 Å². The highest BCUT2D eigenvalue weighted by Crippen LogP contribution is 2.29. The van der Waals surface area contributed by atoms with Crippen molar-refractivity contribution in [3.8, 4) is 6.07 Å². The van der Waals surface area contributed by atoms with Crippen molar-refractivity contribution in [3.05, 3.63) is 86.5 Å². The van der Waals surface area contributed by atoms with Gasteiger partial charge in [0.25, 0.3) is 0 Å². The molecule has 0 N–H and O–H groups in total. The molecule has 0 aliphatic heterocycles. The van der Waals surface area contributed by atoms with Gasteiger partial charge in [-0.05, 0) is 128 Å². The third-order valence-corrected chi connectivity index (χ3v) is 16.5. The van der Waals surface area contributed by atoms with Gasteiger partial charge in [-0.3, -0.25) is 0 Å². The summed E-state index contributed by atoms with van der Waals surface area (Å²) in [6, 6.07) is 13.3. The molecule has 0 unspecified atom stereocenters. The van der Waals surface area contributed by atoms with Gasteiger partial charge in [0, 0.05) is 45.7 Å². The summed E-state index contributed by atoms with van der Waals surface area (Å²) in [7, 11) is -11.6. The van der Waals surface area contributed by atoms with Crippen molar-refractivity contribution in [2.24, 2.45) is 0 Å². The standard InChI is InChI=1S/C41H60N4O6S3/c1-11-43(52(46,47)39-33(5)24-30(2)25-34(39)6)19-14-15-21-45(54(50,51)41-37(9)28-32(4)29-38(41)10)23-17-16-22-44(20-13-12-18-42)53(48,49)40-35(7)26-31(3)27-36(40)8/h24-29H,11-17,19-23H2,1-10H3. The molecule has 0 atom stereocenters. The number of nitrogens with zero attached hydrogens (tertiary/aromatic N) is 4. The Balaban J connectivity index is 1.84. The van der Waals surface area contributed by atoms with Crippen LogP contribution in [0.4, 0.5) is 0 Å². The number of hydrogen-bond donors (Lipinski definition) is 0. The first-order chi connectivity index (χ1) is 25.2. The van der Waals surface area contributed by atoms with E-state index in [-0.39, 0.29) is 55.5 Å². The lowest BCUT2D eigenvalue weighted by atomic mass is 10.1. The molecule has 298 valence electrons. The number of aryl methyl sites for hydroxylation is 9. The van der Waals surface area contributed by atoms with Crippen LogP contribution in [0, 0.1) is 73.6 Å². The number of hydrogen-bond acceptors (Lipinski definition) is 7. The van der Waals surface area contributed by atoms with Crippen LogP contribution in [-0.4, -0.2) is 77.4 Å². The van der Waals surface area contributed by atoms with Gasteiger partial charge in [0.15, 0.2) is 0 Å². The second-order valence-electron chi connectivity index (χ2n) is 14.7. The molecular formula is C41H60N4O6S3. The minimum Gasteiger partial charge on any atom is -0.207 e.